The summed E-state index contributed by atoms with van der Waals surface area (Å²) in [6.45, 7) is 3.65. The van der Waals surface area contributed by atoms with Gasteiger partial charge in [-0.1, -0.05) is 35.6 Å². The van der Waals surface area contributed by atoms with Crippen LogP contribution in [0.25, 0.3) is 22.1 Å². The fraction of sp³-hybridized carbons (Fsp3) is 0.190. The minimum atomic E-state index is -0.0306. The van der Waals surface area contributed by atoms with Crippen molar-refractivity contribution in [3.8, 4) is 6.07 Å². The van der Waals surface area contributed by atoms with Crippen LogP contribution in [0.3, 0.4) is 0 Å². The van der Waals surface area contributed by atoms with E-state index in [1.807, 2.05) is 54.6 Å². The second kappa shape index (κ2) is 7.22. The number of rotatable bonds is 5. The zero-order valence-corrected chi connectivity index (χ0v) is 15.7. The van der Waals surface area contributed by atoms with Crippen LogP contribution in [0, 0.1) is 11.3 Å². The highest BCUT2D eigenvalue weighted by Gasteiger charge is 2.10. The molecular formula is C21H18N4OS. The molecule has 0 saturated heterocycles. The van der Waals surface area contributed by atoms with Gasteiger partial charge in [-0.15, -0.1) is 0 Å². The maximum absolute atomic E-state index is 12.8. The molecule has 2 aromatic heterocycles. The van der Waals surface area contributed by atoms with E-state index in [1.165, 1.54) is 11.3 Å². The number of nitrogens with zero attached hydrogens (tertiary/aromatic N) is 4. The van der Waals surface area contributed by atoms with Crippen LogP contribution in [0.4, 0.5) is 5.69 Å². The van der Waals surface area contributed by atoms with Gasteiger partial charge in [0, 0.05) is 18.8 Å². The molecule has 0 saturated carbocycles. The number of hydrogen-bond donors (Lipinski definition) is 0. The van der Waals surface area contributed by atoms with Gasteiger partial charge in [0.2, 0.25) is 0 Å². The first kappa shape index (κ1) is 17.3. The number of fused-ring (bicyclic) bond motifs is 3. The number of anilines is 1. The number of benzene rings is 2. The highest BCUT2D eigenvalue weighted by molar-refractivity contribution is 7.15. The number of hydrogen-bond acceptors (Lipinski definition) is 5. The molecule has 0 atom stereocenters. The lowest BCUT2D eigenvalue weighted by atomic mass is 10.2. The van der Waals surface area contributed by atoms with Gasteiger partial charge in [-0.3, -0.25) is 4.79 Å². The third kappa shape index (κ3) is 3.18. The molecule has 0 aliphatic rings. The van der Waals surface area contributed by atoms with Crippen molar-refractivity contribution in [2.75, 3.05) is 18.0 Å². The van der Waals surface area contributed by atoms with Crippen molar-refractivity contribution in [3.05, 3.63) is 69.0 Å². The highest BCUT2D eigenvalue weighted by Crippen LogP contribution is 2.17. The Morgan fingerprint density at radius 1 is 1.22 bits per heavy atom. The Labute approximate surface area is 160 Å². The van der Waals surface area contributed by atoms with E-state index in [-0.39, 0.29) is 5.56 Å². The van der Waals surface area contributed by atoms with E-state index in [1.54, 1.807) is 4.40 Å². The van der Waals surface area contributed by atoms with Gasteiger partial charge in [0.15, 0.2) is 4.96 Å². The monoisotopic (exact) mass is 374 g/mol. The van der Waals surface area contributed by atoms with Gasteiger partial charge < -0.3 is 4.90 Å². The van der Waals surface area contributed by atoms with Gasteiger partial charge in [-0.2, -0.15) is 5.26 Å². The van der Waals surface area contributed by atoms with E-state index in [4.69, 9.17) is 5.26 Å². The Morgan fingerprint density at radius 3 is 2.74 bits per heavy atom. The fourth-order valence-corrected chi connectivity index (χ4v) is 4.19. The zero-order chi connectivity index (χ0) is 18.8. The summed E-state index contributed by atoms with van der Waals surface area (Å²) in [5, 5.41) is 8.78. The summed E-state index contributed by atoms with van der Waals surface area (Å²) in [6, 6.07) is 17.9. The first-order valence-corrected chi connectivity index (χ1v) is 9.66. The second-order valence-corrected chi connectivity index (χ2v) is 7.22. The molecule has 0 fully saturated rings. The number of thiazole rings is 1. The van der Waals surface area contributed by atoms with Crippen LogP contribution in [0.5, 0.6) is 0 Å². The highest BCUT2D eigenvalue weighted by atomic mass is 32.1. The standard InChI is InChI=1S/C21H18N4OS/c1-2-24(13-5-12-22)16-10-8-15(9-11-16)14-19-20(26)25-18-7-4-3-6-17(18)23-21(25)27-19/h3-4,6-11,14H,2,5,13H2,1H3/b19-14+. The summed E-state index contributed by atoms with van der Waals surface area (Å²) >= 11 is 1.41. The van der Waals surface area contributed by atoms with Crippen LogP contribution >= 0.6 is 11.3 Å². The Kier molecular flexibility index (Phi) is 4.61. The topological polar surface area (TPSA) is 61.4 Å². The van der Waals surface area contributed by atoms with Crippen LogP contribution < -0.4 is 15.0 Å². The maximum Gasteiger partial charge on any atom is 0.274 e. The molecule has 6 heteroatoms. The molecule has 0 spiro atoms. The van der Waals surface area contributed by atoms with E-state index >= 15 is 0 Å². The summed E-state index contributed by atoms with van der Waals surface area (Å²) in [5.41, 5.74) is 3.71. The van der Waals surface area contributed by atoms with Crippen LogP contribution in [0.2, 0.25) is 0 Å². The number of aromatic nitrogens is 2. The number of para-hydroxylation sites is 2. The van der Waals surface area contributed by atoms with Gasteiger partial charge in [-0.25, -0.2) is 9.38 Å². The predicted molar refractivity (Wildman–Crippen MR) is 110 cm³/mol. The van der Waals surface area contributed by atoms with Crippen molar-refractivity contribution >= 4 is 39.1 Å². The molecule has 27 heavy (non-hydrogen) atoms. The van der Waals surface area contributed by atoms with Crippen molar-refractivity contribution in [1.82, 2.24) is 9.38 Å². The summed E-state index contributed by atoms with van der Waals surface area (Å²) in [4.78, 5) is 20.2. The first-order valence-electron chi connectivity index (χ1n) is 8.85. The average Bonchev–Trinajstić information content (AvgIpc) is 3.20. The molecule has 4 aromatic rings. The van der Waals surface area contributed by atoms with Crippen LogP contribution in [-0.4, -0.2) is 22.5 Å². The van der Waals surface area contributed by atoms with Gasteiger partial charge in [0.05, 0.1) is 28.1 Å². The maximum atomic E-state index is 12.8. The summed E-state index contributed by atoms with van der Waals surface area (Å²) < 4.78 is 2.36. The predicted octanol–water partition coefficient (Wildman–Crippen LogP) is 3.20. The number of imidazole rings is 1. The number of nitriles is 1. The van der Waals surface area contributed by atoms with Crippen molar-refractivity contribution in [3.63, 3.8) is 0 Å². The van der Waals surface area contributed by atoms with E-state index in [0.717, 1.165) is 40.3 Å². The fourth-order valence-electron chi connectivity index (χ4n) is 3.20. The molecule has 134 valence electrons. The van der Waals surface area contributed by atoms with Crippen molar-refractivity contribution in [2.45, 2.75) is 13.3 Å². The Hall–Kier alpha value is -3.17. The van der Waals surface area contributed by atoms with Crippen LogP contribution in [-0.2, 0) is 0 Å². The molecule has 0 radical (unpaired) electrons. The first-order chi connectivity index (χ1) is 13.2. The van der Waals surface area contributed by atoms with Gasteiger partial charge in [0.1, 0.15) is 0 Å². The van der Waals surface area contributed by atoms with Crippen molar-refractivity contribution in [1.29, 1.82) is 5.26 Å². The van der Waals surface area contributed by atoms with Crippen LogP contribution in [0.15, 0.2) is 53.3 Å². The molecule has 4 rings (SSSR count). The molecular weight excluding hydrogens is 356 g/mol. The molecule has 2 aromatic carbocycles. The Balaban J connectivity index is 1.70. The third-order valence-electron chi connectivity index (χ3n) is 4.58. The van der Waals surface area contributed by atoms with Crippen molar-refractivity contribution in [2.24, 2.45) is 0 Å². The minimum absolute atomic E-state index is 0.0306. The molecule has 5 nitrogen and oxygen atoms in total. The molecule has 0 aliphatic carbocycles. The molecule has 0 N–H and O–H groups in total. The Morgan fingerprint density at radius 2 is 2.00 bits per heavy atom. The molecule has 2 heterocycles. The molecule has 0 amide bonds. The van der Waals surface area contributed by atoms with E-state index in [9.17, 15) is 4.79 Å². The van der Waals surface area contributed by atoms with Gasteiger partial charge >= 0.3 is 0 Å². The zero-order valence-electron chi connectivity index (χ0n) is 14.9. The summed E-state index contributed by atoms with van der Waals surface area (Å²) in [6.07, 6.45) is 2.41. The molecule has 0 bridgehead atoms. The van der Waals surface area contributed by atoms with Crippen molar-refractivity contribution < 1.29 is 0 Å². The van der Waals surface area contributed by atoms with E-state index < -0.39 is 0 Å². The third-order valence-corrected chi connectivity index (χ3v) is 5.55. The van der Waals surface area contributed by atoms with E-state index in [0.29, 0.717) is 11.0 Å². The van der Waals surface area contributed by atoms with Gasteiger partial charge in [-0.05, 0) is 42.8 Å². The van der Waals surface area contributed by atoms with Crippen LogP contribution in [0.1, 0.15) is 18.9 Å². The Bertz CT molecular complexity index is 1250. The summed E-state index contributed by atoms with van der Waals surface area (Å²) in [7, 11) is 0. The lowest BCUT2D eigenvalue weighted by Crippen LogP contribution is -2.23. The lowest BCUT2D eigenvalue weighted by Gasteiger charge is -2.21. The van der Waals surface area contributed by atoms with E-state index in [2.05, 4.69) is 22.9 Å². The quantitative estimate of drug-likeness (QED) is 0.538. The SMILES string of the molecule is CCN(CCC#N)c1ccc(/C=c2/sc3nc4ccccc4n3c2=O)cc1. The molecule has 0 aliphatic heterocycles. The largest absolute Gasteiger partial charge is 0.371 e. The van der Waals surface area contributed by atoms with Gasteiger partial charge in [0.25, 0.3) is 5.56 Å². The normalized spacial score (nSPS) is 11.9. The smallest absolute Gasteiger partial charge is 0.274 e. The minimum Gasteiger partial charge on any atom is -0.371 e. The lowest BCUT2D eigenvalue weighted by molar-refractivity contribution is 0.827. The second-order valence-electron chi connectivity index (χ2n) is 6.21. The summed E-state index contributed by atoms with van der Waals surface area (Å²) in [5.74, 6) is 0. The molecule has 0 unspecified atom stereocenters. The average molecular weight is 374 g/mol.